The van der Waals surface area contributed by atoms with Crippen LogP contribution in [0.4, 0.5) is 8.78 Å². The monoisotopic (exact) mass is 298 g/mol. The maximum Gasteiger partial charge on any atom is 0.198 e. The molecule has 0 radical (unpaired) electrons. The summed E-state index contributed by atoms with van der Waals surface area (Å²) in [6.07, 6.45) is 0. The van der Waals surface area contributed by atoms with Gasteiger partial charge in [0.15, 0.2) is 17.4 Å². The Morgan fingerprint density at radius 1 is 1.05 bits per heavy atom. The second kappa shape index (κ2) is 6.57. The largest absolute Gasteiger partial charge is 0.494 e. The van der Waals surface area contributed by atoms with Gasteiger partial charge in [0, 0.05) is 11.9 Å². The van der Waals surface area contributed by atoms with E-state index in [9.17, 15) is 8.78 Å². The third-order valence-electron chi connectivity index (χ3n) is 2.55. The Kier molecular flexibility index (Phi) is 4.79. The summed E-state index contributed by atoms with van der Waals surface area (Å²) in [5.74, 6) is -1.12. The lowest BCUT2D eigenvalue weighted by atomic mass is 10.2. The quantitative estimate of drug-likeness (QED) is 0.731. The molecule has 106 valence electrons. The molecule has 0 saturated carbocycles. The van der Waals surface area contributed by atoms with Crippen LogP contribution in [-0.4, -0.2) is 6.61 Å². The summed E-state index contributed by atoms with van der Waals surface area (Å²) in [7, 11) is 0. The maximum atomic E-state index is 13.8. The molecule has 0 fully saturated rings. The Bertz CT molecular complexity index is 579. The number of hydrogen-bond acceptors (Lipinski definition) is 2. The summed E-state index contributed by atoms with van der Waals surface area (Å²) in [4.78, 5) is 0. The lowest BCUT2D eigenvalue weighted by molar-refractivity contribution is 0.337. The highest BCUT2D eigenvalue weighted by molar-refractivity contribution is 6.17. The Morgan fingerprint density at radius 2 is 1.70 bits per heavy atom. The predicted octanol–water partition coefficient (Wildman–Crippen LogP) is 4.89. The van der Waals surface area contributed by atoms with Crippen LogP contribution < -0.4 is 9.47 Å². The van der Waals surface area contributed by atoms with E-state index in [1.807, 2.05) is 6.92 Å². The second-order valence-corrected chi connectivity index (χ2v) is 4.30. The highest BCUT2D eigenvalue weighted by atomic mass is 35.5. The summed E-state index contributed by atoms with van der Waals surface area (Å²) < 4.78 is 38.1. The smallest absolute Gasteiger partial charge is 0.198 e. The molecular weight excluding hydrogens is 286 g/mol. The van der Waals surface area contributed by atoms with Crippen molar-refractivity contribution in [3.8, 4) is 17.2 Å². The van der Waals surface area contributed by atoms with Crippen molar-refractivity contribution in [3.63, 3.8) is 0 Å². The first-order valence-corrected chi connectivity index (χ1v) is 6.62. The van der Waals surface area contributed by atoms with E-state index in [-0.39, 0.29) is 5.88 Å². The molecule has 0 aliphatic carbocycles. The van der Waals surface area contributed by atoms with Gasteiger partial charge in [-0.1, -0.05) is 6.07 Å². The molecule has 20 heavy (non-hydrogen) atoms. The van der Waals surface area contributed by atoms with Crippen molar-refractivity contribution in [2.24, 2.45) is 0 Å². The molecule has 5 heteroatoms. The number of ether oxygens (including phenoxy) is 2. The molecule has 0 amide bonds. The Hall–Kier alpha value is -1.81. The van der Waals surface area contributed by atoms with Gasteiger partial charge in [-0.25, -0.2) is 8.78 Å². The Labute approximate surface area is 120 Å². The van der Waals surface area contributed by atoms with Gasteiger partial charge >= 0.3 is 0 Å². The van der Waals surface area contributed by atoms with E-state index in [4.69, 9.17) is 21.1 Å². The summed E-state index contributed by atoms with van der Waals surface area (Å²) >= 11 is 5.55. The van der Waals surface area contributed by atoms with E-state index in [1.165, 1.54) is 0 Å². The zero-order chi connectivity index (χ0) is 14.5. The Balaban J connectivity index is 2.28. The van der Waals surface area contributed by atoms with Crippen molar-refractivity contribution in [2.45, 2.75) is 12.8 Å². The average Bonchev–Trinajstić information content (AvgIpc) is 2.43. The molecule has 2 rings (SSSR count). The van der Waals surface area contributed by atoms with Crippen molar-refractivity contribution in [2.75, 3.05) is 6.61 Å². The van der Waals surface area contributed by atoms with Crippen LogP contribution in [0.3, 0.4) is 0 Å². The molecule has 0 saturated heterocycles. The van der Waals surface area contributed by atoms with Crippen LogP contribution in [0.1, 0.15) is 12.5 Å². The fraction of sp³-hybridized carbons (Fsp3) is 0.200. The molecule has 0 unspecified atom stereocenters. The summed E-state index contributed by atoms with van der Waals surface area (Å²) in [6.45, 7) is 2.34. The van der Waals surface area contributed by atoms with Crippen LogP contribution in [0, 0.1) is 11.6 Å². The highest BCUT2D eigenvalue weighted by Gasteiger charge is 2.13. The molecule has 0 bridgehead atoms. The molecule has 2 nitrogen and oxygen atoms in total. The van der Waals surface area contributed by atoms with E-state index >= 15 is 0 Å². The standard InChI is InChI=1S/C15H13ClF2O2/c1-2-19-11-4-3-5-12(8-11)20-15-13(17)6-10(9-16)7-14(15)18/h3-8H,2,9H2,1H3. The highest BCUT2D eigenvalue weighted by Crippen LogP contribution is 2.30. The van der Waals surface area contributed by atoms with Crippen molar-refractivity contribution in [1.29, 1.82) is 0 Å². The lowest BCUT2D eigenvalue weighted by Gasteiger charge is -2.10. The number of halogens is 3. The SMILES string of the molecule is CCOc1cccc(Oc2c(F)cc(CCl)cc2F)c1. The predicted molar refractivity (Wildman–Crippen MR) is 73.6 cm³/mol. The second-order valence-electron chi connectivity index (χ2n) is 4.03. The first-order chi connectivity index (χ1) is 9.63. The molecule has 0 heterocycles. The summed E-state index contributed by atoms with van der Waals surface area (Å²) in [5, 5.41) is 0. The van der Waals surface area contributed by atoms with Crippen LogP contribution in [0.2, 0.25) is 0 Å². The summed E-state index contributed by atoms with van der Waals surface area (Å²) in [6, 6.07) is 8.88. The van der Waals surface area contributed by atoms with Crippen LogP contribution in [-0.2, 0) is 5.88 Å². The van der Waals surface area contributed by atoms with Gasteiger partial charge in [0.25, 0.3) is 0 Å². The van der Waals surface area contributed by atoms with Crippen LogP contribution >= 0.6 is 11.6 Å². The van der Waals surface area contributed by atoms with Crippen LogP contribution in [0.5, 0.6) is 17.2 Å². The van der Waals surface area contributed by atoms with Gasteiger partial charge < -0.3 is 9.47 Å². The third-order valence-corrected chi connectivity index (χ3v) is 2.86. The zero-order valence-corrected chi connectivity index (χ0v) is 11.6. The van der Waals surface area contributed by atoms with E-state index in [0.29, 0.717) is 23.7 Å². The fourth-order valence-corrected chi connectivity index (χ4v) is 1.85. The van der Waals surface area contributed by atoms with Gasteiger partial charge in [-0.05, 0) is 36.8 Å². The number of hydrogen-bond donors (Lipinski definition) is 0. The maximum absolute atomic E-state index is 13.8. The fourth-order valence-electron chi connectivity index (χ4n) is 1.70. The van der Waals surface area contributed by atoms with E-state index in [2.05, 4.69) is 0 Å². The van der Waals surface area contributed by atoms with Crippen molar-refractivity contribution >= 4 is 11.6 Å². The average molecular weight is 299 g/mol. The van der Waals surface area contributed by atoms with Crippen LogP contribution in [0.15, 0.2) is 36.4 Å². The molecule has 0 aromatic heterocycles. The van der Waals surface area contributed by atoms with Gasteiger partial charge in [-0.2, -0.15) is 0 Å². The number of alkyl halides is 1. The van der Waals surface area contributed by atoms with Gasteiger partial charge in [-0.15, -0.1) is 11.6 Å². The molecule has 0 spiro atoms. The minimum absolute atomic E-state index is 0.0357. The molecule has 2 aromatic rings. The van der Waals surface area contributed by atoms with Crippen LogP contribution in [0.25, 0.3) is 0 Å². The minimum Gasteiger partial charge on any atom is -0.494 e. The van der Waals surface area contributed by atoms with E-state index in [0.717, 1.165) is 12.1 Å². The molecular formula is C15H13ClF2O2. The van der Waals surface area contributed by atoms with Crippen molar-refractivity contribution < 1.29 is 18.3 Å². The van der Waals surface area contributed by atoms with Crippen molar-refractivity contribution in [3.05, 3.63) is 53.6 Å². The zero-order valence-electron chi connectivity index (χ0n) is 10.8. The van der Waals surface area contributed by atoms with Gasteiger partial charge in [0.05, 0.1) is 6.61 Å². The normalized spacial score (nSPS) is 10.4. The number of rotatable bonds is 5. The van der Waals surface area contributed by atoms with Gasteiger partial charge in [0.1, 0.15) is 11.5 Å². The first kappa shape index (κ1) is 14.6. The molecule has 2 aromatic carbocycles. The van der Waals surface area contributed by atoms with Crippen molar-refractivity contribution in [1.82, 2.24) is 0 Å². The topological polar surface area (TPSA) is 18.5 Å². The molecule has 0 N–H and O–H groups in total. The lowest BCUT2D eigenvalue weighted by Crippen LogP contribution is -1.96. The molecule has 0 atom stereocenters. The Morgan fingerprint density at radius 3 is 2.30 bits per heavy atom. The summed E-state index contributed by atoms with van der Waals surface area (Å²) in [5.41, 5.74) is 0.358. The van der Waals surface area contributed by atoms with E-state index in [1.54, 1.807) is 24.3 Å². The molecule has 0 aliphatic heterocycles. The third kappa shape index (κ3) is 3.39. The van der Waals surface area contributed by atoms with E-state index < -0.39 is 17.4 Å². The van der Waals surface area contributed by atoms with Gasteiger partial charge in [0.2, 0.25) is 0 Å². The first-order valence-electron chi connectivity index (χ1n) is 6.08. The van der Waals surface area contributed by atoms with Gasteiger partial charge in [-0.3, -0.25) is 0 Å². The number of benzene rings is 2. The minimum atomic E-state index is -0.789. The molecule has 0 aliphatic rings.